The lowest BCUT2D eigenvalue weighted by molar-refractivity contribution is -0.137. The number of aromatic hydroxyl groups is 1. The molecule has 0 bridgehead atoms. The van der Waals surface area contributed by atoms with Gasteiger partial charge in [-0.15, -0.1) is 0 Å². The van der Waals surface area contributed by atoms with E-state index in [1.807, 2.05) is 13.8 Å². The van der Waals surface area contributed by atoms with Gasteiger partial charge in [0.25, 0.3) is 5.91 Å². The predicted octanol–water partition coefficient (Wildman–Crippen LogP) is 4.37. The zero-order chi connectivity index (χ0) is 22.6. The predicted molar refractivity (Wildman–Crippen MR) is 112 cm³/mol. The number of phenols is 1. The van der Waals surface area contributed by atoms with Crippen LogP contribution in [-0.4, -0.2) is 35.9 Å². The Balaban J connectivity index is 1.68. The van der Waals surface area contributed by atoms with Crippen LogP contribution >= 0.6 is 0 Å². The molecule has 166 valence electrons. The maximum absolute atomic E-state index is 13.5. The number of carbonyl (C=O) groups is 1. The number of carbonyl (C=O) groups excluding carboxylic acids is 1. The van der Waals surface area contributed by atoms with Crippen molar-refractivity contribution in [2.45, 2.75) is 39.0 Å². The SMILES string of the molecule is CC(C)C[C@@H](Oc1ccc(C2=NC2)c(C(F)(F)F)c1)C(=O)NCCc1ccc(O)cc1. The zero-order valence-electron chi connectivity index (χ0n) is 17.4. The first-order valence-electron chi connectivity index (χ1n) is 10.1. The molecule has 0 aliphatic carbocycles. The van der Waals surface area contributed by atoms with Gasteiger partial charge in [0.2, 0.25) is 0 Å². The number of alkyl halides is 3. The lowest BCUT2D eigenvalue weighted by atomic mass is 10.0. The van der Waals surface area contributed by atoms with Gasteiger partial charge < -0.3 is 15.2 Å². The molecule has 3 rings (SSSR count). The number of ether oxygens (including phenoxy) is 1. The van der Waals surface area contributed by atoms with E-state index in [1.54, 1.807) is 24.3 Å². The Morgan fingerprint density at radius 2 is 1.87 bits per heavy atom. The van der Waals surface area contributed by atoms with Crippen LogP contribution < -0.4 is 10.1 Å². The van der Waals surface area contributed by atoms with Gasteiger partial charge in [0.05, 0.1) is 17.8 Å². The first kappa shape index (κ1) is 22.7. The van der Waals surface area contributed by atoms with Crippen molar-refractivity contribution in [3.63, 3.8) is 0 Å². The highest BCUT2D eigenvalue weighted by Gasteiger charge is 2.36. The maximum atomic E-state index is 13.5. The van der Waals surface area contributed by atoms with Crippen LogP contribution in [0.4, 0.5) is 13.2 Å². The third kappa shape index (κ3) is 6.47. The second kappa shape index (κ2) is 9.41. The molecule has 1 aliphatic rings. The number of benzene rings is 2. The minimum atomic E-state index is -4.54. The number of rotatable bonds is 9. The summed E-state index contributed by atoms with van der Waals surface area (Å²) in [4.78, 5) is 16.5. The van der Waals surface area contributed by atoms with E-state index in [2.05, 4.69) is 10.3 Å². The molecule has 1 amide bonds. The summed E-state index contributed by atoms with van der Waals surface area (Å²) in [5, 5.41) is 12.1. The molecule has 0 radical (unpaired) electrons. The Morgan fingerprint density at radius 1 is 1.19 bits per heavy atom. The average molecular weight is 434 g/mol. The number of hydrogen-bond donors (Lipinski definition) is 2. The Bertz CT molecular complexity index is 954. The monoisotopic (exact) mass is 434 g/mol. The van der Waals surface area contributed by atoms with Crippen molar-refractivity contribution in [1.29, 1.82) is 0 Å². The highest BCUT2D eigenvalue weighted by atomic mass is 19.4. The molecule has 0 aromatic heterocycles. The summed E-state index contributed by atoms with van der Waals surface area (Å²) < 4.78 is 46.1. The van der Waals surface area contributed by atoms with Crippen LogP contribution in [0.5, 0.6) is 11.5 Å². The van der Waals surface area contributed by atoms with Crippen LogP contribution in [-0.2, 0) is 17.4 Å². The van der Waals surface area contributed by atoms with Crippen molar-refractivity contribution >= 4 is 11.6 Å². The van der Waals surface area contributed by atoms with Crippen LogP contribution in [0.2, 0.25) is 0 Å². The van der Waals surface area contributed by atoms with Crippen LogP contribution in [0.1, 0.15) is 37.0 Å². The first-order chi connectivity index (χ1) is 14.6. The number of amides is 1. The lowest BCUT2D eigenvalue weighted by Gasteiger charge is -2.21. The summed E-state index contributed by atoms with van der Waals surface area (Å²) in [6.07, 6.45) is -4.54. The quantitative estimate of drug-likeness (QED) is 0.616. The van der Waals surface area contributed by atoms with Gasteiger partial charge in [-0.25, -0.2) is 0 Å². The number of phenolic OH excluding ortho intramolecular Hbond substituents is 1. The molecule has 5 nitrogen and oxygen atoms in total. The molecule has 0 fully saturated rings. The van der Waals surface area contributed by atoms with E-state index in [0.717, 1.165) is 11.6 Å². The van der Waals surface area contributed by atoms with E-state index in [-0.39, 0.29) is 28.9 Å². The third-order valence-corrected chi connectivity index (χ3v) is 4.83. The second-order valence-corrected chi connectivity index (χ2v) is 7.91. The Morgan fingerprint density at radius 3 is 2.45 bits per heavy atom. The van der Waals surface area contributed by atoms with Crippen molar-refractivity contribution in [1.82, 2.24) is 5.32 Å². The fourth-order valence-electron chi connectivity index (χ4n) is 3.20. The van der Waals surface area contributed by atoms with E-state index in [1.165, 1.54) is 12.1 Å². The summed E-state index contributed by atoms with van der Waals surface area (Å²) >= 11 is 0. The summed E-state index contributed by atoms with van der Waals surface area (Å²) in [5.41, 5.74) is 0.605. The molecular formula is C23H25F3N2O3. The van der Waals surface area contributed by atoms with Gasteiger partial charge in [-0.2, -0.15) is 13.2 Å². The average Bonchev–Trinajstić information content (AvgIpc) is 3.53. The fraction of sp³-hybridized carbons (Fsp3) is 0.391. The van der Waals surface area contributed by atoms with Crippen LogP contribution in [0.15, 0.2) is 47.5 Å². The van der Waals surface area contributed by atoms with Crippen LogP contribution in [0.3, 0.4) is 0 Å². The highest BCUT2D eigenvalue weighted by Crippen LogP contribution is 2.36. The molecule has 0 saturated heterocycles. The standard InChI is InChI=1S/C23H25F3N2O3/c1-14(2)11-21(22(30)27-10-9-15-3-5-16(29)6-4-15)31-17-7-8-18(20-13-28-20)19(12-17)23(24,25)26/h3-8,12,14,21,29H,9-11,13H2,1-2H3,(H,27,30)/t21-/m1/s1. The zero-order valence-corrected chi connectivity index (χ0v) is 17.4. The molecule has 1 heterocycles. The molecule has 1 aliphatic heterocycles. The molecular weight excluding hydrogens is 409 g/mol. The molecule has 0 saturated carbocycles. The van der Waals surface area contributed by atoms with E-state index in [0.29, 0.717) is 31.6 Å². The summed E-state index contributed by atoms with van der Waals surface area (Å²) in [7, 11) is 0. The second-order valence-electron chi connectivity index (χ2n) is 7.91. The first-order valence-corrected chi connectivity index (χ1v) is 10.1. The fourth-order valence-corrected chi connectivity index (χ4v) is 3.20. The van der Waals surface area contributed by atoms with Gasteiger partial charge in [-0.1, -0.05) is 26.0 Å². The van der Waals surface area contributed by atoms with Gasteiger partial charge in [-0.05, 0) is 54.7 Å². The molecule has 0 unspecified atom stereocenters. The number of nitrogens with zero attached hydrogens (tertiary/aromatic N) is 1. The number of halogens is 3. The Hall–Kier alpha value is -3.03. The van der Waals surface area contributed by atoms with E-state index in [9.17, 15) is 23.1 Å². The number of nitrogens with one attached hydrogen (secondary N) is 1. The Labute approximate surface area is 179 Å². The molecule has 2 N–H and O–H groups in total. The van der Waals surface area contributed by atoms with E-state index < -0.39 is 17.8 Å². The molecule has 31 heavy (non-hydrogen) atoms. The smallest absolute Gasteiger partial charge is 0.417 e. The van der Waals surface area contributed by atoms with Crippen LogP contribution in [0.25, 0.3) is 0 Å². The number of hydrogen-bond acceptors (Lipinski definition) is 4. The molecule has 2 aromatic carbocycles. The van der Waals surface area contributed by atoms with Crippen molar-refractivity contribution in [3.8, 4) is 11.5 Å². The summed E-state index contributed by atoms with van der Waals surface area (Å²) in [5.74, 6) is -0.112. The van der Waals surface area contributed by atoms with Crippen molar-refractivity contribution in [2.24, 2.45) is 10.9 Å². The van der Waals surface area contributed by atoms with E-state index in [4.69, 9.17) is 4.74 Å². The van der Waals surface area contributed by atoms with Gasteiger partial charge in [0.1, 0.15) is 11.5 Å². The Kier molecular flexibility index (Phi) is 6.87. The van der Waals surface area contributed by atoms with Gasteiger partial charge >= 0.3 is 6.18 Å². The van der Waals surface area contributed by atoms with Crippen molar-refractivity contribution < 1.29 is 27.8 Å². The minimum Gasteiger partial charge on any atom is -0.508 e. The normalized spacial score (nSPS) is 14.2. The highest BCUT2D eigenvalue weighted by molar-refractivity contribution is 6.11. The summed E-state index contributed by atoms with van der Waals surface area (Å²) in [6, 6.07) is 10.4. The molecule has 8 heteroatoms. The van der Waals surface area contributed by atoms with Crippen LogP contribution in [0, 0.1) is 5.92 Å². The molecule has 1 atom stereocenters. The molecule has 2 aromatic rings. The lowest BCUT2D eigenvalue weighted by Crippen LogP contribution is -2.40. The van der Waals surface area contributed by atoms with E-state index >= 15 is 0 Å². The van der Waals surface area contributed by atoms with Gasteiger partial charge in [-0.3, -0.25) is 9.79 Å². The number of aliphatic imine (C=N–C) groups is 1. The van der Waals surface area contributed by atoms with Gasteiger partial charge in [0.15, 0.2) is 6.10 Å². The minimum absolute atomic E-state index is 0.00309. The summed E-state index contributed by atoms with van der Waals surface area (Å²) in [6.45, 7) is 4.47. The largest absolute Gasteiger partial charge is 0.508 e. The third-order valence-electron chi connectivity index (χ3n) is 4.83. The van der Waals surface area contributed by atoms with Gasteiger partial charge in [0, 0.05) is 12.1 Å². The van der Waals surface area contributed by atoms with Crippen molar-refractivity contribution in [2.75, 3.05) is 13.1 Å². The topological polar surface area (TPSA) is 70.9 Å². The van der Waals surface area contributed by atoms with Crippen molar-refractivity contribution in [3.05, 3.63) is 59.2 Å². The maximum Gasteiger partial charge on any atom is 0.417 e. The molecule has 0 spiro atoms.